The Hall–Kier alpha value is -4.52. The van der Waals surface area contributed by atoms with Crippen LogP contribution in [0.25, 0.3) is 5.65 Å². The van der Waals surface area contributed by atoms with E-state index in [0.717, 1.165) is 40.7 Å². The summed E-state index contributed by atoms with van der Waals surface area (Å²) in [5.41, 5.74) is 7.30. The summed E-state index contributed by atoms with van der Waals surface area (Å²) < 4.78 is 14.8. The minimum atomic E-state index is -0.0164. The van der Waals surface area contributed by atoms with Gasteiger partial charge in [0.1, 0.15) is 11.5 Å². The number of anilines is 3. The van der Waals surface area contributed by atoms with E-state index in [-0.39, 0.29) is 5.41 Å². The van der Waals surface area contributed by atoms with Crippen LogP contribution in [0.5, 0.6) is 23.1 Å². The predicted molar refractivity (Wildman–Crippen MR) is 156 cm³/mol. The van der Waals surface area contributed by atoms with E-state index in [2.05, 4.69) is 79.0 Å². The first-order valence-electron chi connectivity index (χ1n) is 13.2. The Morgan fingerprint density at radius 2 is 1.64 bits per heavy atom. The zero-order valence-corrected chi connectivity index (χ0v) is 23.3. The quantitative estimate of drug-likeness (QED) is 0.236. The van der Waals surface area contributed by atoms with E-state index in [0.29, 0.717) is 17.4 Å². The number of fused-ring (bicyclic) bond motifs is 2. The van der Waals surface area contributed by atoms with E-state index in [1.54, 1.807) is 6.20 Å². The summed E-state index contributed by atoms with van der Waals surface area (Å²) in [7, 11) is 2.11. The van der Waals surface area contributed by atoms with Gasteiger partial charge in [-0.2, -0.15) is 0 Å². The lowest BCUT2D eigenvalue weighted by atomic mass is 9.88. The van der Waals surface area contributed by atoms with Gasteiger partial charge in [0.15, 0.2) is 11.4 Å². The van der Waals surface area contributed by atoms with Crippen LogP contribution in [0, 0.1) is 13.8 Å². The van der Waals surface area contributed by atoms with Crippen LogP contribution in [0.3, 0.4) is 0 Å². The molecular formula is C32H33N5O2. The fourth-order valence-corrected chi connectivity index (χ4v) is 4.94. The molecule has 0 spiro atoms. The second-order valence-corrected chi connectivity index (χ2v) is 11.1. The van der Waals surface area contributed by atoms with Crippen molar-refractivity contribution in [1.29, 1.82) is 0 Å². The maximum atomic E-state index is 6.43. The number of nitrogens with zero attached hydrogens (tertiary/aromatic N) is 5. The second kappa shape index (κ2) is 9.34. The smallest absolute Gasteiger partial charge is 0.219 e. The first-order chi connectivity index (χ1) is 18.7. The molecule has 0 atom stereocenters. The van der Waals surface area contributed by atoms with Crippen LogP contribution in [0.4, 0.5) is 17.1 Å². The van der Waals surface area contributed by atoms with Gasteiger partial charge in [-0.1, -0.05) is 39.0 Å². The number of aromatic nitrogens is 3. The fourth-order valence-electron chi connectivity index (χ4n) is 4.94. The number of aryl methyl sites for hydroxylation is 2. The van der Waals surface area contributed by atoms with Crippen molar-refractivity contribution in [1.82, 2.24) is 14.4 Å². The van der Waals surface area contributed by atoms with Crippen LogP contribution < -0.4 is 19.3 Å². The molecule has 0 bridgehead atoms. The van der Waals surface area contributed by atoms with Crippen LogP contribution in [0.15, 0.2) is 79.1 Å². The Balaban J connectivity index is 1.35. The van der Waals surface area contributed by atoms with E-state index in [1.807, 2.05) is 54.8 Å². The lowest BCUT2D eigenvalue weighted by Crippen LogP contribution is -2.23. The van der Waals surface area contributed by atoms with E-state index >= 15 is 0 Å². The molecular weight excluding hydrogens is 486 g/mol. The van der Waals surface area contributed by atoms with Crippen molar-refractivity contribution < 1.29 is 9.47 Å². The molecule has 4 heterocycles. The molecule has 5 aromatic rings. The summed E-state index contributed by atoms with van der Waals surface area (Å²) in [4.78, 5) is 13.8. The number of pyridine rings is 2. The first kappa shape index (κ1) is 24.8. The fraction of sp³-hybridized carbons (Fsp3) is 0.250. The summed E-state index contributed by atoms with van der Waals surface area (Å²) >= 11 is 0. The van der Waals surface area contributed by atoms with E-state index in [4.69, 9.17) is 14.5 Å². The van der Waals surface area contributed by atoms with Gasteiger partial charge in [-0.3, -0.25) is 4.40 Å². The largest absolute Gasteiger partial charge is 0.456 e. The van der Waals surface area contributed by atoms with Crippen LogP contribution in [0.1, 0.15) is 37.7 Å². The van der Waals surface area contributed by atoms with E-state index < -0.39 is 0 Å². The Labute approximate surface area is 229 Å². The maximum Gasteiger partial charge on any atom is 0.219 e. The number of imidazole rings is 1. The van der Waals surface area contributed by atoms with Crippen molar-refractivity contribution in [3.8, 4) is 23.1 Å². The molecule has 1 aliphatic heterocycles. The molecule has 198 valence electrons. The highest BCUT2D eigenvalue weighted by molar-refractivity contribution is 5.82. The molecule has 0 saturated carbocycles. The molecule has 0 radical (unpaired) electrons. The minimum absolute atomic E-state index is 0.0164. The van der Waals surface area contributed by atoms with Gasteiger partial charge in [-0.25, -0.2) is 9.97 Å². The topological polar surface area (TPSA) is 55.1 Å². The normalized spacial score (nSPS) is 13.2. The third-order valence-corrected chi connectivity index (χ3v) is 7.25. The van der Waals surface area contributed by atoms with Gasteiger partial charge < -0.3 is 19.3 Å². The molecule has 6 rings (SSSR count). The zero-order valence-electron chi connectivity index (χ0n) is 23.3. The molecule has 39 heavy (non-hydrogen) atoms. The van der Waals surface area contributed by atoms with Crippen LogP contribution in [0.2, 0.25) is 0 Å². The van der Waals surface area contributed by atoms with Crippen molar-refractivity contribution in [3.63, 3.8) is 0 Å². The van der Waals surface area contributed by atoms with Gasteiger partial charge in [-0.05, 0) is 55.2 Å². The standard InChI is InChI=1S/C32H33N5O2/c1-21-22(2)36-19-26(18-29(31(36)34-21)39-30-16-23(14-15-33-30)32(3,4)5)38-25-11-9-10-24(17-25)37-20-35(6)27-12-7-8-13-28(27)37/h7-19H,20H2,1-6H3. The monoisotopic (exact) mass is 519 g/mol. The molecule has 0 saturated heterocycles. The highest BCUT2D eigenvalue weighted by atomic mass is 16.5. The predicted octanol–water partition coefficient (Wildman–Crippen LogP) is 7.77. The highest BCUT2D eigenvalue weighted by Gasteiger charge is 2.24. The molecule has 1 aliphatic rings. The summed E-state index contributed by atoms with van der Waals surface area (Å²) in [5, 5.41) is 0. The SMILES string of the molecule is Cc1nc2c(Oc3cc(C(C)(C)C)ccn3)cc(Oc3cccc(N4CN(C)c5ccccc54)c3)cn2c1C. The number of hydrogen-bond acceptors (Lipinski definition) is 6. The summed E-state index contributed by atoms with van der Waals surface area (Å²) in [6.07, 6.45) is 3.75. The van der Waals surface area contributed by atoms with Crippen LogP contribution >= 0.6 is 0 Å². The van der Waals surface area contributed by atoms with Gasteiger partial charge in [0.05, 0.1) is 29.9 Å². The Morgan fingerprint density at radius 3 is 2.44 bits per heavy atom. The van der Waals surface area contributed by atoms with Gasteiger partial charge in [0.25, 0.3) is 0 Å². The maximum absolute atomic E-state index is 6.43. The first-order valence-corrected chi connectivity index (χ1v) is 13.2. The van der Waals surface area contributed by atoms with E-state index in [1.165, 1.54) is 11.4 Å². The van der Waals surface area contributed by atoms with Gasteiger partial charge in [-0.15, -0.1) is 0 Å². The number of hydrogen-bond donors (Lipinski definition) is 0. The Bertz CT molecular complexity index is 1680. The summed E-state index contributed by atoms with van der Waals surface area (Å²) in [6.45, 7) is 11.3. The van der Waals surface area contributed by atoms with Crippen LogP contribution in [-0.4, -0.2) is 28.1 Å². The zero-order chi connectivity index (χ0) is 27.3. The van der Waals surface area contributed by atoms with Crippen LogP contribution in [-0.2, 0) is 5.41 Å². The van der Waals surface area contributed by atoms with Crippen molar-refractivity contribution in [2.75, 3.05) is 23.5 Å². The number of ether oxygens (including phenoxy) is 2. The second-order valence-electron chi connectivity index (χ2n) is 11.1. The van der Waals surface area contributed by atoms with E-state index in [9.17, 15) is 0 Å². The molecule has 7 nitrogen and oxygen atoms in total. The third-order valence-electron chi connectivity index (χ3n) is 7.25. The number of para-hydroxylation sites is 2. The van der Waals surface area contributed by atoms with Gasteiger partial charge in [0, 0.05) is 42.8 Å². The van der Waals surface area contributed by atoms with Crippen molar-refractivity contribution in [3.05, 3.63) is 96.1 Å². The lowest BCUT2D eigenvalue weighted by Gasteiger charge is -2.20. The lowest BCUT2D eigenvalue weighted by molar-refractivity contribution is 0.445. The third kappa shape index (κ3) is 4.65. The number of rotatable bonds is 5. The molecule has 0 N–H and O–H groups in total. The van der Waals surface area contributed by atoms with Crippen molar-refractivity contribution >= 4 is 22.7 Å². The molecule has 0 unspecified atom stereocenters. The Kier molecular flexibility index (Phi) is 5.94. The van der Waals surface area contributed by atoms with Gasteiger partial charge >= 0.3 is 0 Å². The average Bonchev–Trinajstić information content (AvgIpc) is 3.40. The van der Waals surface area contributed by atoms with Crippen molar-refractivity contribution in [2.24, 2.45) is 0 Å². The average molecular weight is 520 g/mol. The summed E-state index contributed by atoms with van der Waals surface area (Å²) in [5.74, 6) is 2.51. The number of benzene rings is 2. The minimum Gasteiger partial charge on any atom is -0.456 e. The molecule has 2 aromatic carbocycles. The van der Waals surface area contributed by atoms with Gasteiger partial charge in [0.2, 0.25) is 5.88 Å². The highest BCUT2D eigenvalue weighted by Crippen LogP contribution is 2.41. The summed E-state index contributed by atoms with van der Waals surface area (Å²) in [6, 6.07) is 22.5. The molecule has 7 heteroatoms. The van der Waals surface area contributed by atoms with Crippen molar-refractivity contribution in [2.45, 2.75) is 40.0 Å². The molecule has 0 aliphatic carbocycles. The molecule has 0 fully saturated rings. The molecule has 0 amide bonds. The molecule has 3 aromatic heterocycles. The Morgan fingerprint density at radius 1 is 0.846 bits per heavy atom.